The lowest BCUT2D eigenvalue weighted by molar-refractivity contribution is -0.142. The summed E-state index contributed by atoms with van der Waals surface area (Å²) in [5, 5.41) is 3.76. The lowest BCUT2D eigenvalue weighted by Crippen LogP contribution is -2.07. The van der Waals surface area contributed by atoms with Gasteiger partial charge in [0.1, 0.15) is 6.42 Å². The first-order chi connectivity index (χ1) is 8.20. The molecule has 2 aromatic heterocycles. The van der Waals surface area contributed by atoms with Gasteiger partial charge in [-0.25, -0.2) is 4.98 Å². The minimum absolute atomic E-state index is 0.0226. The lowest BCUT2D eigenvalue weighted by Gasteiger charge is -1.96. The standard InChI is InChI=1S/C10H12N4O3/c1-3-16-8(15)6-7-12-9(13-17-7)10-11-4-5-14(10)2/h4-5H,3,6H2,1-2H3. The van der Waals surface area contributed by atoms with Crippen LogP contribution in [0.1, 0.15) is 12.8 Å². The Bertz CT molecular complexity index is 517. The third-order valence-electron chi connectivity index (χ3n) is 2.09. The van der Waals surface area contributed by atoms with E-state index in [-0.39, 0.29) is 18.3 Å². The van der Waals surface area contributed by atoms with Crippen molar-refractivity contribution >= 4 is 5.97 Å². The highest BCUT2D eigenvalue weighted by Crippen LogP contribution is 2.12. The topological polar surface area (TPSA) is 83.0 Å². The Hall–Kier alpha value is -2.18. The first-order valence-electron chi connectivity index (χ1n) is 5.16. The van der Waals surface area contributed by atoms with Gasteiger partial charge in [-0.3, -0.25) is 4.79 Å². The van der Waals surface area contributed by atoms with E-state index < -0.39 is 0 Å². The van der Waals surface area contributed by atoms with Crippen LogP contribution >= 0.6 is 0 Å². The average molecular weight is 236 g/mol. The van der Waals surface area contributed by atoms with E-state index in [1.165, 1.54) is 0 Å². The first-order valence-corrected chi connectivity index (χ1v) is 5.16. The van der Waals surface area contributed by atoms with Gasteiger partial charge in [0.15, 0.2) is 5.82 Å². The third kappa shape index (κ3) is 2.49. The normalized spacial score (nSPS) is 10.5. The molecule has 0 saturated heterocycles. The molecule has 7 nitrogen and oxygen atoms in total. The van der Waals surface area contributed by atoms with E-state index >= 15 is 0 Å². The molecule has 0 atom stereocenters. The monoisotopic (exact) mass is 236 g/mol. The van der Waals surface area contributed by atoms with Gasteiger partial charge >= 0.3 is 5.97 Å². The van der Waals surface area contributed by atoms with E-state index in [9.17, 15) is 4.79 Å². The van der Waals surface area contributed by atoms with Gasteiger partial charge in [-0.05, 0) is 6.92 Å². The van der Waals surface area contributed by atoms with Crippen molar-refractivity contribution < 1.29 is 14.1 Å². The van der Waals surface area contributed by atoms with Crippen LogP contribution in [0.15, 0.2) is 16.9 Å². The molecule has 90 valence electrons. The maximum Gasteiger partial charge on any atom is 0.315 e. The largest absolute Gasteiger partial charge is 0.466 e. The number of hydrogen-bond donors (Lipinski definition) is 0. The summed E-state index contributed by atoms with van der Waals surface area (Å²) in [4.78, 5) is 19.4. The van der Waals surface area contributed by atoms with Gasteiger partial charge in [-0.15, -0.1) is 0 Å². The molecule has 0 fully saturated rings. The van der Waals surface area contributed by atoms with Gasteiger partial charge in [0.2, 0.25) is 11.7 Å². The van der Waals surface area contributed by atoms with Crippen molar-refractivity contribution in [2.75, 3.05) is 6.61 Å². The summed E-state index contributed by atoms with van der Waals surface area (Å²) in [6.07, 6.45) is 3.39. The molecule has 0 N–H and O–H groups in total. The number of esters is 1. The van der Waals surface area contributed by atoms with Crippen LogP contribution in [0.2, 0.25) is 0 Å². The van der Waals surface area contributed by atoms with Crippen molar-refractivity contribution in [3.8, 4) is 11.6 Å². The number of aryl methyl sites for hydroxylation is 1. The summed E-state index contributed by atoms with van der Waals surface area (Å²) in [7, 11) is 1.82. The number of nitrogens with zero attached hydrogens (tertiary/aromatic N) is 4. The molecular formula is C10H12N4O3. The second kappa shape index (κ2) is 4.77. The molecule has 2 aromatic rings. The Morgan fingerprint density at radius 1 is 1.59 bits per heavy atom. The zero-order valence-corrected chi connectivity index (χ0v) is 9.58. The van der Waals surface area contributed by atoms with Gasteiger partial charge in [-0.2, -0.15) is 4.98 Å². The number of aromatic nitrogens is 4. The molecular weight excluding hydrogens is 224 g/mol. The summed E-state index contributed by atoms with van der Waals surface area (Å²) in [5.74, 6) is 0.782. The van der Waals surface area contributed by atoms with Crippen molar-refractivity contribution in [3.05, 3.63) is 18.3 Å². The number of carbonyl (C=O) groups excluding carboxylic acids is 1. The van der Waals surface area contributed by atoms with Crippen molar-refractivity contribution in [1.82, 2.24) is 19.7 Å². The molecule has 0 unspecified atom stereocenters. The SMILES string of the molecule is CCOC(=O)Cc1nc(-c2nccn2C)no1. The smallest absolute Gasteiger partial charge is 0.315 e. The summed E-state index contributed by atoms with van der Waals surface area (Å²) in [6.45, 7) is 2.07. The molecule has 0 saturated carbocycles. The number of hydrogen-bond acceptors (Lipinski definition) is 6. The Labute approximate surface area is 97.4 Å². The quantitative estimate of drug-likeness (QED) is 0.722. The van der Waals surface area contributed by atoms with Crippen LogP contribution in [0.5, 0.6) is 0 Å². The van der Waals surface area contributed by atoms with Crippen molar-refractivity contribution in [1.29, 1.82) is 0 Å². The zero-order chi connectivity index (χ0) is 12.3. The van der Waals surface area contributed by atoms with E-state index in [0.29, 0.717) is 18.3 Å². The molecule has 0 aliphatic heterocycles. The number of imidazole rings is 1. The van der Waals surface area contributed by atoms with Gasteiger partial charge < -0.3 is 13.8 Å². The van der Waals surface area contributed by atoms with Gasteiger partial charge in [-0.1, -0.05) is 5.16 Å². The zero-order valence-electron chi connectivity index (χ0n) is 9.58. The van der Waals surface area contributed by atoms with Gasteiger partial charge in [0, 0.05) is 19.4 Å². The molecule has 17 heavy (non-hydrogen) atoms. The maximum atomic E-state index is 11.2. The van der Waals surface area contributed by atoms with Crippen LogP contribution in [-0.4, -0.2) is 32.3 Å². The Balaban J connectivity index is 2.11. The number of rotatable bonds is 4. The molecule has 0 bridgehead atoms. The molecule has 2 heterocycles. The molecule has 0 aromatic carbocycles. The second-order valence-corrected chi connectivity index (χ2v) is 3.36. The molecule has 0 spiro atoms. The highest BCUT2D eigenvalue weighted by atomic mass is 16.5. The van der Waals surface area contributed by atoms with E-state index in [1.54, 1.807) is 23.9 Å². The number of ether oxygens (including phenoxy) is 1. The molecule has 0 aliphatic rings. The molecule has 0 amide bonds. The van der Waals surface area contributed by atoms with E-state index in [2.05, 4.69) is 15.1 Å². The summed E-state index contributed by atoms with van der Waals surface area (Å²) in [5.41, 5.74) is 0. The Morgan fingerprint density at radius 2 is 2.41 bits per heavy atom. The lowest BCUT2D eigenvalue weighted by atomic mass is 10.4. The number of carbonyl (C=O) groups is 1. The third-order valence-corrected chi connectivity index (χ3v) is 2.09. The highest BCUT2D eigenvalue weighted by molar-refractivity contribution is 5.71. The summed E-state index contributed by atoms with van der Waals surface area (Å²) >= 11 is 0. The van der Waals surface area contributed by atoms with E-state index in [0.717, 1.165) is 0 Å². The fraction of sp³-hybridized carbons (Fsp3) is 0.400. The molecule has 0 aliphatic carbocycles. The van der Waals surface area contributed by atoms with Crippen molar-refractivity contribution in [2.24, 2.45) is 7.05 Å². The van der Waals surface area contributed by atoms with Crippen LogP contribution in [0.3, 0.4) is 0 Å². The average Bonchev–Trinajstić information content (AvgIpc) is 2.87. The Kier molecular flexibility index (Phi) is 3.17. The van der Waals surface area contributed by atoms with E-state index in [1.807, 2.05) is 7.05 Å². The minimum Gasteiger partial charge on any atom is -0.466 e. The fourth-order valence-corrected chi connectivity index (χ4v) is 1.33. The van der Waals surface area contributed by atoms with E-state index in [4.69, 9.17) is 9.26 Å². The fourth-order valence-electron chi connectivity index (χ4n) is 1.33. The Morgan fingerprint density at radius 3 is 3.06 bits per heavy atom. The second-order valence-electron chi connectivity index (χ2n) is 3.36. The van der Waals surface area contributed by atoms with Crippen LogP contribution in [0, 0.1) is 0 Å². The predicted octanol–water partition coefficient (Wildman–Crippen LogP) is 0.576. The molecule has 2 rings (SSSR count). The van der Waals surface area contributed by atoms with Crippen LogP contribution in [-0.2, 0) is 23.0 Å². The van der Waals surface area contributed by atoms with Crippen LogP contribution in [0.25, 0.3) is 11.6 Å². The van der Waals surface area contributed by atoms with Gasteiger partial charge in [0.05, 0.1) is 6.61 Å². The summed E-state index contributed by atoms with van der Waals surface area (Å²) in [6, 6.07) is 0. The molecule has 7 heteroatoms. The summed E-state index contributed by atoms with van der Waals surface area (Å²) < 4.78 is 11.5. The highest BCUT2D eigenvalue weighted by Gasteiger charge is 2.15. The van der Waals surface area contributed by atoms with Crippen molar-refractivity contribution in [2.45, 2.75) is 13.3 Å². The first kappa shape index (κ1) is 11.3. The van der Waals surface area contributed by atoms with Crippen molar-refractivity contribution in [3.63, 3.8) is 0 Å². The molecule has 0 radical (unpaired) electrons. The van der Waals surface area contributed by atoms with Crippen LogP contribution in [0.4, 0.5) is 0 Å². The maximum absolute atomic E-state index is 11.2. The predicted molar refractivity (Wildman–Crippen MR) is 56.8 cm³/mol. The minimum atomic E-state index is -0.387. The van der Waals surface area contributed by atoms with Gasteiger partial charge in [0.25, 0.3) is 0 Å². The van der Waals surface area contributed by atoms with Crippen LogP contribution < -0.4 is 0 Å².